The standard InChI is InChI=1S/C28H38N2O/c1-22-10-8-9-15-26(22)28(31)29-25-16-19-30(20-17-25)21-18-27(23-11-4-2-5-12-23)24-13-6-3-7-14-24/h2-7,11-14,22,25-27H,8-10,15-21H2,1H3,(H,29,31). The van der Waals surface area contributed by atoms with Crippen LogP contribution in [0.15, 0.2) is 60.7 Å². The molecule has 1 saturated heterocycles. The van der Waals surface area contributed by atoms with E-state index in [2.05, 4.69) is 77.8 Å². The van der Waals surface area contributed by atoms with Crippen LogP contribution in [0.5, 0.6) is 0 Å². The fraction of sp³-hybridized carbons (Fsp3) is 0.536. The second-order valence-corrected chi connectivity index (χ2v) is 9.66. The summed E-state index contributed by atoms with van der Waals surface area (Å²) >= 11 is 0. The van der Waals surface area contributed by atoms with Crippen molar-refractivity contribution in [3.63, 3.8) is 0 Å². The first-order valence-electron chi connectivity index (χ1n) is 12.3. The molecule has 0 spiro atoms. The highest BCUT2D eigenvalue weighted by atomic mass is 16.2. The number of carbonyl (C=O) groups is 1. The number of piperidine rings is 1. The van der Waals surface area contributed by atoms with Crippen molar-refractivity contribution in [1.82, 2.24) is 10.2 Å². The van der Waals surface area contributed by atoms with E-state index >= 15 is 0 Å². The van der Waals surface area contributed by atoms with Gasteiger partial charge in [0.1, 0.15) is 0 Å². The van der Waals surface area contributed by atoms with Gasteiger partial charge in [0.25, 0.3) is 0 Å². The predicted molar refractivity (Wildman–Crippen MR) is 128 cm³/mol. The van der Waals surface area contributed by atoms with E-state index in [0.717, 1.165) is 45.3 Å². The van der Waals surface area contributed by atoms with E-state index < -0.39 is 0 Å². The molecule has 2 atom stereocenters. The summed E-state index contributed by atoms with van der Waals surface area (Å²) in [6.07, 6.45) is 8.07. The molecule has 2 aromatic carbocycles. The second kappa shape index (κ2) is 10.9. The van der Waals surface area contributed by atoms with Gasteiger partial charge >= 0.3 is 0 Å². The van der Waals surface area contributed by atoms with Crippen molar-refractivity contribution < 1.29 is 4.79 Å². The van der Waals surface area contributed by atoms with Crippen LogP contribution in [-0.2, 0) is 4.79 Å². The number of nitrogens with one attached hydrogen (secondary N) is 1. The van der Waals surface area contributed by atoms with Gasteiger partial charge in [-0.1, -0.05) is 80.4 Å². The molecule has 1 aliphatic carbocycles. The first-order valence-corrected chi connectivity index (χ1v) is 12.3. The number of carbonyl (C=O) groups excluding carboxylic acids is 1. The number of benzene rings is 2. The third-order valence-corrected chi connectivity index (χ3v) is 7.52. The summed E-state index contributed by atoms with van der Waals surface area (Å²) in [6, 6.07) is 22.2. The van der Waals surface area contributed by atoms with Crippen LogP contribution in [0.2, 0.25) is 0 Å². The van der Waals surface area contributed by atoms with Crippen LogP contribution < -0.4 is 5.32 Å². The molecule has 4 rings (SSSR count). The molecular weight excluding hydrogens is 380 g/mol. The number of rotatable bonds is 7. The normalized spacial score (nSPS) is 23.0. The molecule has 2 unspecified atom stereocenters. The molecule has 3 nitrogen and oxygen atoms in total. The fourth-order valence-electron chi connectivity index (χ4n) is 5.52. The van der Waals surface area contributed by atoms with Crippen molar-refractivity contribution in [3.05, 3.63) is 71.8 Å². The smallest absolute Gasteiger partial charge is 0.223 e. The lowest BCUT2D eigenvalue weighted by atomic mass is 9.79. The summed E-state index contributed by atoms with van der Waals surface area (Å²) in [5.41, 5.74) is 2.80. The number of likely N-dealkylation sites (tertiary alicyclic amines) is 1. The van der Waals surface area contributed by atoms with Crippen LogP contribution in [0, 0.1) is 11.8 Å². The average Bonchev–Trinajstić information content (AvgIpc) is 2.82. The Kier molecular flexibility index (Phi) is 7.80. The molecule has 2 aliphatic rings. The van der Waals surface area contributed by atoms with Gasteiger partial charge < -0.3 is 10.2 Å². The van der Waals surface area contributed by atoms with Crippen molar-refractivity contribution in [3.8, 4) is 0 Å². The van der Waals surface area contributed by atoms with Crippen molar-refractivity contribution in [1.29, 1.82) is 0 Å². The molecule has 31 heavy (non-hydrogen) atoms. The molecule has 3 heteroatoms. The maximum absolute atomic E-state index is 12.8. The molecule has 1 amide bonds. The zero-order chi connectivity index (χ0) is 21.5. The lowest BCUT2D eigenvalue weighted by Crippen LogP contribution is -2.47. The maximum Gasteiger partial charge on any atom is 0.223 e. The third kappa shape index (κ3) is 5.98. The van der Waals surface area contributed by atoms with Crippen molar-refractivity contribution in [2.24, 2.45) is 11.8 Å². The van der Waals surface area contributed by atoms with Crippen LogP contribution >= 0.6 is 0 Å². The average molecular weight is 419 g/mol. The quantitative estimate of drug-likeness (QED) is 0.633. The first-order chi connectivity index (χ1) is 15.2. The minimum atomic E-state index is 0.240. The molecular formula is C28H38N2O. The lowest BCUT2D eigenvalue weighted by Gasteiger charge is -2.35. The molecule has 0 bridgehead atoms. The Morgan fingerprint density at radius 3 is 2.06 bits per heavy atom. The van der Waals surface area contributed by atoms with Crippen LogP contribution in [0.4, 0.5) is 0 Å². The largest absolute Gasteiger partial charge is 0.353 e. The van der Waals surface area contributed by atoms with Gasteiger partial charge in [-0.25, -0.2) is 0 Å². The highest BCUT2D eigenvalue weighted by Gasteiger charge is 2.30. The van der Waals surface area contributed by atoms with Crippen molar-refractivity contribution >= 4 is 5.91 Å². The van der Waals surface area contributed by atoms with Gasteiger partial charge in [0.2, 0.25) is 5.91 Å². The Bertz CT molecular complexity index is 759. The Morgan fingerprint density at radius 2 is 1.48 bits per heavy atom. The van der Waals surface area contributed by atoms with Crippen molar-refractivity contribution in [2.75, 3.05) is 19.6 Å². The van der Waals surface area contributed by atoms with Crippen LogP contribution in [0.1, 0.15) is 68.9 Å². The SMILES string of the molecule is CC1CCCCC1C(=O)NC1CCN(CCC(c2ccccc2)c2ccccc2)CC1. The zero-order valence-electron chi connectivity index (χ0n) is 19.0. The second-order valence-electron chi connectivity index (χ2n) is 9.66. The molecule has 1 saturated carbocycles. The van der Waals surface area contributed by atoms with E-state index in [1.54, 1.807) is 0 Å². The highest BCUT2D eigenvalue weighted by molar-refractivity contribution is 5.79. The van der Waals surface area contributed by atoms with E-state index in [9.17, 15) is 4.79 Å². The van der Waals surface area contributed by atoms with Crippen LogP contribution in [0.3, 0.4) is 0 Å². The van der Waals surface area contributed by atoms with Gasteiger partial charge in [-0.3, -0.25) is 4.79 Å². The fourth-order valence-corrected chi connectivity index (χ4v) is 5.52. The number of amides is 1. The topological polar surface area (TPSA) is 32.3 Å². The summed E-state index contributed by atoms with van der Waals surface area (Å²) in [5, 5.41) is 3.39. The van der Waals surface area contributed by atoms with Gasteiger partial charge in [-0.15, -0.1) is 0 Å². The first kappa shape index (κ1) is 22.1. The van der Waals surface area contributed by atoms with Crippen LogP contribution in [-0.4, -0.2) is 36.5 Å². The Balaban J connectivity index is 1.27. The number of hydrogen-bond donors (Lipinski definition) is 1. The molecule has 0 aromatic heterocycles. The summed E-state index contributed by atoms with van der Waals surface area (Å²) in [4.78, 5) is 15.4. The van der Waals surface area contributed by atoms with E-state index in [-0.39, 0.29) is 5.92 Å². The van der Waals surface area contributed by atoms with Crippen LogP contribution in [0.25, 0.3) is 0 Å². The summed E-state index contributed by atoms with van der Waals surface area (Å²) in [6.45, 7) is 5.53. The highest BCUT2D eigenvalue weighted by Crippen LogP contribution is 2.31. The Labute approximate surface area is 188 Å². The van der Waals surface area contributed by atoms with Gasteiger partial charge in [-0.05, 0) is 55.7 Å². The van der Waals surface area contributed by atoms with E-state index in [1.165, 1.54) is 30.4 Å². The molecule has 2 aromatic rings. The van der Waals surface area contributed by atoms with Gasteiger partial charge in [0.05, 0.1) is 0 Å². The summed E-state index contributed by atoms with van der Waals surface area (Å²) < 4.78 is 0. The van der Waals surface area contributed by atoms with E-state index in [0.29, 0.717) is 23.8 Å². The van der Waals surface area contributed by atoms with Gasteiger partial charge in [-0.2, -0.15) is 0 Å². The monoisotopic (exact) mass is 418 g/mol. The molecule has 166 valence electrons. The Morgan fingerprint density at radius 1 is 0.903 bits per heavy atom. The van der Waals surface area contributed by atoms with Gasteiger partial charge in [0, 0.05) is 31.0 Å². The van der Waals surface area contributed by atoms with E-state index in [1.807, 2.05) is 0 Å². The predicted octanol–water partition coefficient (Wildman–Crippen LogP) is 5.62. The molecule has 0 radical (unpaired) electrons. The summed E-state index contributed by atoms with van der Waals surface area (Å²) in [5.74, 6) is 1.54. The Hall–Kier alpha value is -2.13. The minimum Gasteiger partial charge on any atom is -0.353 e. The molecule has 2 fully saturated rings. The van der Waals surface area contributed by atoms with E-state index in [4.69, 9.17) is 0 Å². The maximum atomic E-state index is 12.8. The summed E-state index contributed by atoms with van der Waals surface area (Å²) in [7, 11) is 0. The number of hydrogen-bond acceptors (Lipinski definition) is 2. The third-order valence-electron chi connectivity index (χ3n) is 7.52. The molecule has 1 N–H and O–H groups in total. The zero-order valence-corrected chi connectivity index (χ0v) is 19.0. The number of nitrogens with zero attached hydrogens (tertiary/aromatic N) is 1. The van der Waals surface area contributed by atoms with Gasteiger partial charge in [0.15, 0.2) is 0 Å². The lowest BCUT2D eigenvalue weighted by molar-refractivity contribution is -0.128. The minimum absolute atomic E-state index is 0.240. The molecule has 1 heterocycles. The van der Waals surface area contributed by atoms with Crippen molar-refractivity contribution in [2.45, 2.75) is 63.8 Å². The molecule has 1 aliphatic heterocycles.